The van der Waals surface area contributed by atoms with Gasteiger partial charge in [-0.05, 0) is 52.5 Å². The van der Waals surface area contributed by atoms with Gasteiger partial charge in [0.05, 0.1) is 16.5 Å². The quantitative estimate of drug-likeness (QED) is 0.186. The molecule has 10 rings (SSSR count). The fourth-order valence-corrected chi connectivity index (χ4v) is 6.44. The van der Waals surface area contributed by atoms with Crippen LogP contribution in [0.15, 0.2) is 172 Å². The molecule has 3 heterocycles. The van der Waals surface area contributed by atoms with Crippen LogP contribution in [-0.4, -0.2) is 15.0 Å². The third kappa shape index (κ3) is 4.67. The Kier molecular flexibility index (Phi) is 4.83. The van der Waals surface area contributed by atoms with Gasteiger partial charge in [-0.25, -0.2) is 15.0 Å². The zero-order valence-electron chi connectivity index (χ0n) is 34.1. The molecule has 50 heavy (non-hydrogen) atoms. The van der Waals surface area contributed by atoms with Gasteiger partial charge < -0.3 is 8.83 Å². The monoisotopic (exact) mass is 649 g/mol. The summed E-state index contributed by atoms with van der Waals surface area (Å²) < 4.78 is 81.1. The van der Waals surface area contributed by atoms with Crippen molar-refractivity contribution in [2.75, 3.05) is 0 Å². The second-order valence-corrected chi connectivity index (χ2v) is 11.8. The van der Waals surface area contributed by atoms with E-state index in [0.29, 0.717) is 72.6 Å². The van der Waals surface area contributed by atoms with E-state index >= 15 is 0 Å². The first-order chi connectivity index (χ1) is 28.1. The fourth-order valence-electron chi connectivity index (χ4n) is 6.44. The molecule has 0 atom stereocenters. The number of hydrogen-bond donors (Lipinski definition) is 0. The predicted octanol–water partition coefficient (Wildman–Crippen LogP) is 12.0. The minimum atomic E-state index is -0.472. The number of para-hydroxylation sites is 3. The van der Waals surface area contributed by atoms with Crippen molar-refractivity contribution >= 4 is 43.9 Å². The van der Waals surface area contributed by atoms with E-state index in [1.807, 2.05) is 72.8 Å². The molecule has 10 aromatic rings. The SMILES string of the molecule is [2H]c1cc([2H])c2oc3cc(-c4ccc(-c5c([2H])c([2H])c([2H])c([2H])c5[2H])cc4)c([2H])c(-c4nc(-c5ccccc5)nc(-c5cccc6c5oc5ccccc56)n4)c3c2c1. The van der Waals surface area contributed by atoms with E-state index in [0.717, 1.165) is 10.8 Å². The molecule has 3 aromatic heterocycles. The zero-order valence-corrected chi connectivity index (χ0v) is 26.1. The van der Waals surface area contributed by atoms with Gasteiger partial charge in [-0.2, -0.15) is 0 Å². The van der Waals surface area contributed by atoms with Gasteiger partial charge in [0.2, 0.25) is 0 Å². The molecule has 0 saturated heterocycles. The van der Waals surface area contributed by atoms with Crippen molar-refractivity contribution in [3.8, 4) is 56.4 Å². The first-order valence-corrected chi connectivity index (χ1v) is 15.9. The van der Waals surface area contributed by atoms with E-state index in [1.54, 1.807) is 36.4 Å². The highest BCUT2D eigenvalue weighted by atomic mass is 16.3. The average molecular weight is 650 g/mol. The molecule has 0 unspecified atom stereocenters. The molecule has 234 valence electrons. The fraction of sp³-hybridized carbons (Fsp3) is 0. The summed E-state index contributed by atoms with van der Waals surface area (Å²) in [7, 11) is 0. The Morgan fingerprint density at radius 2 is 1.14 bits per heavy atom. The Bertz CT molecular complexity index is 3300. The maximum Gasteiger partial charge on any atom is 0.167 e. The number of furan rings is 2. The summed E-state index contributed by atoms with van der Waals surface area (Å²) in [6.07, 6.45) is 0. The van der Waals surface area contributed by atoms with Gasteiger partial charge in [-0.15, -0.1) is 0 Å². The lowest BCUT2D eigenvalue weighted by Gasteiger charge is -2.11. The molecule has 0 aliphatic carbocycles. The van der Waals surface area contributed by atoms with Crippen molar-refractivity contribution in [2.24, 2.45) is 0 Å². The molecule has 0 aliphatic heterocycles. The molecule has 5 nitrogen and oxygen atoms in total. The number of rotatable bonds is 5. The topological polar surface area (TPSA) is 65.0 Å². The molecule has 0 N–H and O–H groups in total. The van der Waals surface area contributed by atoms with Gasteiger partial charge in [0.15, 0.2) is 17.5 Å². The highest BCUT2D eigenvalue weighted by Gasteiger charge is 2.21. The minimum absolute atomic E-state index is 0.0126. The predicted molar refractivity (Wildman–Crippen MR) is 202 cm³/mol. The van der Waals surface area contributed by atoms with Crippen LogP contribution in [0.25, 0.3) is 100 Å². The first-order valence-electron chi connectivity index (χ1n) is 19.9. The average Bonchev–Trinajstić information content (AvgIpc) is 3.81. The smallest absolute Gasteiger partial charge is 0.167 e. The number of benzene rings is 7. The molecule has 0 aliphatic rings. The van der Waals surface area contributed by atoms with Gasteiger partial charge in [-0.1, -0.05) is 133 Å². The van der Waals surface area contributed by atoms with E-state index in [1.165, 1.54) is 6.07 Å². The number of hydrogen-bond acceptors (Lipinski definition) is 5. The molecule has 0 amide bonds. The van der Waals surface area contributed by atoms with Crippen LogP contribution in [0.1, 0.15) is 11.0 Å². The van der Waals surface area contributed by atoms with Crippen molar-refractivity contribution in [3.05, 3.63) is 164 Å². The van der Waals surface area contributed by atoms with Crippen molar-refractivity contribution in [1.29, 1.82) is 0 Å². The van der Waals surface area contributed by atoms with Crippen molar-refractivity contribution in [2.45, 2.75) is 0 Å². The molecular weight excluding hydrogens is 615 g/mol. The van der Waals surface area contributed by atoms with E-state index in [-0.39, 0.29) is 47.2 Å². The van der Waals surface area contributed by atoms with Crippen molar-refractivity contribution in [3.63, 3.8) is 0 Å². The van der Waals surface area contributed by atoms with Crippen LogP contribution in [0.3, 0.4) is 0 Å². The third-order valence-electron chi connectivity index (χ3n) is 8.79. The Hall–Kier alpha value is -6.85. The number of aromatic nitrogens is 3. The second-order valence-electron chi connectivity index (χ2n) is 11.8. The standard InChI is InChI=1S/C45H27N3O2/c1-3-12-28(13-4-1)29-22-24-30(25-23-29)32-26-37(41-35-17-8-10-21-39(35)49-40(41)27-32)45-47-43(31-14-5-2-6-15-31)46-44(48-45)36-19-11-18-34-33-16-7-9-20-38(33)50-42(34)36/h1-27H/i1D,3D,4D,8D,12D,13D,21D,26D. The van der Waals surface area contributed by atoms with Crippen LogP contribution in [0.5, 0.6) is 0 Å². The van der Waals surface area contributed by atoms with Crippen LogP contribution in [0.4, 0.5) is 0 Å². The summed E-state index contributed by atoms with van der Waals surface area (Å²) in [5, 5.41) is 2.75. The summed E-state index contributed by atoms with van der Waals surface area (Å²) in [5.74, 6) is 0.823. The molecule has 0 spiro atoms. The van der Waals surface area contributed by atoms with Gasteiger partial charge in [0, 0.05) is 32.7 Å². The van der Waals surface area contributed by atoms with Crippen LogP contribution < -0.4 is 0 Å². The summed E-state index contributed by atoms with van der Waals surface area (Å²) >= 11 is 0. The highest BCUT2D eigenvalue weighted by Crippen LogP contribution is 2.41. The van der Waals surface area contributed by atoms with Crippen LogP contribution in [0, 0.1) is 0 Å². The molecular formula is C45H27N3O2. The molecule has 0 bridgehead atoms. The largest absolute Gasteiger partial charge is 0.456 e. The van der Waals surface area contributed by atoms with E-state index in [4.69, 9.17) is 33.4 Å². The van der Waals surface area contributed by atoms with Crippen LogP contribution in [-0.2, 0) is 0 Å². The van der Waals surface area contributed by atoms with Crippen LogP contribution in [0.2, 0.25) is 0 Å². The Balaban J connectivity index is 1.25. The van der Waals surface area contributed by atoms with Crippen LogP contribution >= 0.6 is 0 Å². The third-order valence-corrected chi connectivity index (χ3v) is 8.79. The lowest BCUT2D eigenvalue weighted by molar-refractivity contribution is 0.668. The summed E-state index contributed by atoms with van der Waals surface area (Å²) in [6.45, 7) is 0. The van der Waals surface area contributed by atoms with E-state index in [9.17, 15) is 1.37 Å². The molecule has 0 saturated carbocycles. The molecule has 0 fully saturated rings. The first kappa shape index (κ1) is 21.2. The lowest BCUT2D eigenvalue weighted by Crippen LogP contribution is -2.01. The maximum absolute atomic E-state index is 9.86. The normalized spacial score (nSPS) is 13.8. The summed E-state index contributed by atoms with van der Waals surface area (Å²) in [5.41, 5.74) is 4.99. The van der Waals surface area contributed by atoms with Gasteiger partial charge in [-0.3, -0.25) is 0 Å². The van der Waals surface area contributed by atoms with E-state index in [2.05, 4.69) is 0 Å². The van der Waals surface area contributed by atoms with Crippen molar-refractivity contribution < 1.29 is 19.8 Å². The van der Waals surface area contributed by atoms with Crippen molar-refractivity contribution in [1.82, 2.24) is 15.0 Å². The summed E-state index contributed by atoms with van der Waals surface area (Å²) in [4.78, 5) is 15.0. The minimum Gasteiger partial charge on any atom is -0.456 e. The summed E-state index contributed by atoms with van der Waals surface area (Å²) in [6, 6.07) is 32.6. The zero-order chi connectivity index (χ0) is 40.0. The molecule has 5 heteroatoms. The van der Waals surface area contributed by atoms with Gasteiger partial charge >= 0.3 is 0 Å². The Morgan fingerprint density at radius 1 is 0.420 bits per heavy atom. The molecule has 0 radical (unpaired) electrons. The molecule has 7 aromatic carbocycles. The lowest BCUT2D eigenvalue weighted by atomic mass is 9.96. The Morgan fingerprint density at radius 3 is 1.98 bits per heavy atom. The van der Waals surface area contributed by atoms with Gasteiger partial charge in [0.1, 0.15) is 22.3 Å². The maximum atomic E-state index is 9.86. The van der Waals surface area contributed by atoms with E-state index < -0.39 is 18.1 Å². The number of fused-ring (bicyclic) bond motifs is 6. The second kappa shape index (κ2) is 11.4. The van der Waals surface area contributed by atoms with Gasteiger partial charge in [0.25, 0.3) is 0 Å². The number of nitrogens with zero attached hydrogens (tertiary/aromatic N) is 3. The Labute approximate surface area is 298 Å². The highest BCUT2D eigenvalue weighted by molar-refractivity contribution is 6.13.